The second-order valence-electron chi connectivity index (χ2n) is 5.92. The molecule has 2 atom stereocenters. The lowest BCUT2D eigenvalue weighted by Gasteiger charge is -2.16. The molecule has 2 rings (SSSR count). The highest BCUT2D eigenvalue weighted by Gasteiger charge is 2.25. The molecule has 29 heavy (non-hydrogen) atoms. The predicted molar refractivity (Wildman–Crippen MR) is 98.1 cm³/mol. The van der Waals surface area contributed by atoms with Gasteiger partial charge in [0.1, 0.15) is 11.5 Å². The van der Waals surface area contributed by atoms with Crippen LogP contribution < -0.4 is 9.47 Å². The number of carboxylic acid groups (broad SMARTS) is 2. The average Bonchev–Trinajstić information content (AvgIpc) is 2.68. The van der Waals surface area contributed by atoms with Crippen molar-refractivity contribution < 1.29 is 43.6 Å². The van der Waals surface area contributed by atoms with Gasteiger partial charge >= 0.3 is 23.9 Å². The van der Waals surface area contributed by atoms with Crippen molar-refractivity contribution in [1.29, 1.82) is 0 Å². The Balaban J connectivity index is 1.88. The quantitative estimate of drug-likeness (QED) is 0.503. The maximum absolute atomic E-state index is 12.0. The van der Waals surface area contributed by atoms with Crippen molar-refractivity contribution in [2.24, 2.45) is 0 Å². The van der Waals surface area contributed by atoms with E-state index in [2.05, 4.69) is 0 Å². The van der Waals surface area contributed by atoms with Crippen molar-refractivity contribution in [1.82, 2.24) is 0 Å². The Hall–Kier alpha value is -3.88. The van der Waals surface area contributed by atoms with Crippen LogP contribution in [0.4, 0.5) is 0 Å². The SMILES string of the molecule is CC(Oc1ccc(C(=O)O)cc1)C(=O)OC(=O)C(C)Oc1ccc(C(=O)O)cc1. The van der Waals surface area contributed by atoms with Crippen LogP contribution in [0.15, 0.2) is 48.5 Å². The Morgan fingerprint density at radius 2 is 0.966 bits per heavy atom. The van der Waals surface area contributed by atoms with Gasteiger partial charge in [-0.2, -0.15) is 0 Å². The molecule has 0 aliphatic rings. The number of rotatable bonds is 8. The summed E-state index contributed by atoms with van der Waals surface area (Å²) in [6, 6.07) is 10.8. The first-order chi connectivity index (χ1) is 13.7. The van der Waals surface area contributed by atoms with Gasteiger partial charge in [-0.15, -0.1) is 0 Å². The van der Waals surface area contributed by atoms with Crippen LogP contribution in [0.1, 0.15) is 34.6 Å². The summed E-state index contributed by atoms with van der Waals surface area (Å²) < 4.78 is 15.4. The maximum Gasteiger partial charge on any atom is 0.354 e. The third-order valence-electron chi connectivity index (χ3n) is 3.69. The zero-order valence-electron chi connectivity index (χ0n) is 15.5. The van der Waals surface area contributed by atoms with E-state index < -0.39 is 36.1 Å². The normalized spacial score (nSPS) is 12.3. The molecule has 0 radical (unpaired) electrons. The van der Waals surface area contributed by atoms with Crippen LogP contribution >= 0.6 is 0 Å². The number of ether oxygens (including phenoxy) is 3. The van der Waals surface area contributed by atoms with Crippen LogP contribution in [0.3, 0.4) is 0 Å². The van der Waals surface area contributed by atoms with E-state index in [9.17, 15) is 19.2 Å². The van der Waals surface area contributed by atoms with Crippen molar-refractivity contribution in [2.45, 2.75) is 26.1 Å². The molecule has 0 amide bonds. The summed E-state index contributed by atoms with van der Waals surface area (Å²) in [7, 11) is 0. The molecule has 0 heterocycles. The molecule has 0 fully saturated rings. The molecule has 0 bridgehead atoms. The summed E-state index contributed by atoms with van der Waals surface area (Å²) >= 11 is 0. The molecule has 2 unspecified atom stereocenters. The minimum atomic E-state index is -1.13. The van der Waals surface area contributed by atoms with E-state index in [0.717, 1.165) is 0 Å². The number of aromatic carboxylic acids is 2. The van der Waals surface area contributed by atoms with Gasteiger partial charge in [-0.25, -0.2) is 19.2 Å². The van der Waals surface area contributed by atoms with Gasteiger partial charge in [0.2, 0.25) is 0 Å². The molecule has 2 N–H and O–H groups in total. The van der Waals surface area contributed by atoms with Crippen LogP contribution in [0.25, 0.3) is 0 Å². The minimum Gasteiger partial charge on any atom is -0.479 e. The number of carbonyl (C=O) groups is 4. The van der Waals surface area contributed by atoms with Gasteiger partial charge in [0.25, 0.3) is 0 Å². The molecule has 152 valence electrons. The van der Waals surface area contributed by atoms with E-state index in [0.29, 0.717) is 0 Å². The predicted octanol–water partition coefficient (Wildman–Crippen LogP) is 2.39. The van der Waals surface area contributed by atoms with Gasteiger partial charge in [0.15, 0.2) is 12.2 Å². The molecule has 0 aliphatic carbocycles. The molecule has 0 saturated carbocycles. The van der Waals surface area contributed by atoms with Gasteiger partial charge in [0, 0.05) is 0 Å². The van der Waals surface area contributed by atoms with Gasteiger partial charge in [0.05, 0.1) is 11.1 Å². The standard InChI is InChI=1S/C20H18O9/c1-11(27-15-7-3-13(4-8-15)17(21)22)19(25)29-20(26)12(2)28-16-9-5-14(6-10-16)18(23)24/h3-12H,1-2H3,(H,21,22)(H,23,24). The molecule has 0 saturated heterocycles. The third-order valence-corrected chi connectivity index (χ3v) is 3.69. The van der Waals surface area contributed by atoms with Gasteiger partial charge in [-0.05, 0) is 62.4 Å². The summed E-state index contributed by atoms with van der Waals surface area (Å²) in [5, 5.41) is 17.7. The van der Waals surface area contributed by atoms with E-state index in [-0.39, 0.29) is 22.6 Å². The highest BCUT2D eigenvalue weighted by molar-refractivity contribution is 5.90. The summed E-state index contributed by atoms with van der Waals surface area (Å²) in [4.78, 5) is 45.7. The molecule has 0 aliphatic heterocycles. The Kier molecular flexibility index (Phi) is 6.91. The topological polar surface area (TPSA) is 136 Å². The number of hydrogen-bond acceptors (Lipinski definition) is 7. The number of carbonyl (C=O) groups excluding carboxylic acids is 2. The van der Waals surface area contributed by atoms with Crippen molar-refractivity contribution in [3.8, 4) is 11.5 Å². The highest BCUT2D eigenvalue weighted by atomic mass is 16.6. The smallest absolute Gasteiger partial charge is 0.354 e. The Bertz CT molecular complexity index is 825. The summed E-state index contributed by atoms with van der Waals surface area (Å²) in [6.07, 6.45) is -2.26. The molecule has 0 spiro atoms. The molecule has 2 aromatic rings. The Morgan fingerprint density at radius 1 is 0.655 bits per heavy atom. The first kappa shape index (κ1) is 21.4. The Labute approximate surface area is 165 Å². The van der Waals surface area contributed by atoms with Gasteiger partial charge < -0.3 is 24.4 Å². The number of benzene rings is 2. The summed E-state index contributed by atoms with van der Waals surface area (Å²) in [6.45, 7) is 2.74. The number of hydrogen-bond donors (Lipinski definition) is 2. The highest BCUT2D eigenvalue weighted by Crippen LogP contribution is 2.16. The van der Waals surface area contributed by atoms with Gasteiger partial charge in [-0.1, -0.05) is 0 Å². The van der Waals surface area contributed by atoms with Crippen molar-refractivity contribution in [3.05, 3.63) is 59.7 Å². The van der Waals surface area contributed by atoms with Crippen LogP contribution in [0.2, 0.25) is 0 Å². The molecule has 2 aromatic carbocycles. The second-order valence-corrected chi connectivity index (χ2v) is 5.92. The lowest BCUT2D eigenvalue weighted by Crippen LogP contribution is -2.34. The first-order valence-corrected chi connectivity index (χ1v) is 8.43. The third kappa shape index (κ3) is 6.06. The Morgan fingerprint density at radius 3 is 1.24 bits per heavy atom. The minimum absolute atomic E-state index is 0.0603. The summed E-state index contributed by atoms with van der Waals surface area (Å²) in [5.74, 6) is -3.63. The van der Waals surface area contributed by atoms with Crippen molar-refractivity contribution >= 4 is 23.9 Å². The van der Waals surface area contributed by atoms with E-state index in [4.69, 9.17) is 24.4 Å². The zero-order valence-corrected chi connectivity index (χ0v) is 15.5. The van der Waals surface area contributed by atoms with Crippen LogP contribution in [0, 0.1) is 0 Å². The molecule has 0 aromatic heterocycles. The van der Waals surface area contributed by atoms with Crippen LogP contribution in [-0.4, -0.2) is 46.3 Å². The zero-order chi connectivity index (χ0) is 21.6. The number of esters is 2. The first-order valence-electron chi connectivity index (χ1n) is 8.43. The van der Waals surface area contributed by atoms with Crippen LogP contribution in [-0.2, 0) is 14.3 Å². The summed E-state index contributed by atoms with van der Waals surface area (Å²) in [5.41, 5.74) is 0.121. The van der Waals surface area contributed by atoms with Crippen LogP contribution in [0.5, 0.6) is 11.5 Å². The maximum atomic E-state index is 12.0. The largest absolute Gasteiger partial charge is 0.479 e. The fourth-order valence-electron chi connectivity index (χ4n) is 2.12. The molecule has 9 heteroatoms. The fraction of sp³-hybridized carbons (Fsp3) is 0.200. The van der Waals surface area contributed by atoms with E-state index >= 15 is 0 Å². The van der Waals surface area contributed by atoms with Gasteiger partial charge in [-0.3, -0.25) is 0 Å². The van der Waals surface area contributed by atoms with E-state index in [1.807, 2.05) is 0 Å². The van der Waals surface area contributed by atoms with E-state index in [1.54, 1.807) is 0 Å². The molecule has 9 nitrogen and oxygen atoms in total. The van der Waals surface area contributed by atoms with Crippen molar-refractivity contribution in [2.75, 3.05) is 0 Å². The monoisotopic (exact) mass is 402 g/mol. The average molecular weight is 402 g/mol. The van der Waals surface area contributed by atoms with E-state index in [1.165, 1.54) is 62.4 Å². The lowest BCUT2D eigenvalue weighted by atomic mass is 10.2. The van der Waals surface area contributed by atoms with Crippen molar-refractivity contribution in [3.63, 3.8) is 0 Å². The molecular weight excluding hydrogens is 384 g/mol. The molecular formula is C20H18O9. The lowest BCUT2D eigenvalue weighted by molar-refractivity contribution is -0.168. The second kappa shape index (κ2) is 9.36. The fourth-order valence-corrected chi connectivity index (χ4v) is 2.12. The number of carboxylic acids is 2.